The fraction of sp³-hybridized carbons (Fsp3) is 1.00. The Kier molecular flexibility index (Phi) is 4.45. The van der Waals surface area contributed by atoms with Gasteiger partial charge in [-0.3, -0.25) is 0 Å². The molecule has 0 saturated heterocycles. The minimum absolute atomic E-state index is 0.319. The normalized spacial score (nSPS) is 28.1. The van der Waals surface area contributed by atoms with E-state index in [4.69, 9.17) is 0 Å². The van der Waals surface area contributed by atoms with Crippen LogP contribution in [0.5, 0.6) is 0 Å². The first-order valence-corrected chi connectivity index (χ1v) is 7.02. The molecule has 0 bridgehead atoms. The molecule has 1 nitrogen and oxygen atoms in total. The van der Waals surface area contributed by atoms with Crippen molar-refractivity contribution in [2.24, 2.45) is 11.3 Å². The van der Waals surface area contributed by atoms with Crippen molar-refractivity contribution in [2.45, 2.75) is 85.2 Å². The van der Waals surface area contributed by atoms with Crippen LogP contribution in [0.15, 0.2) is 0 Å². The second-order valence-electron chi connectivity index (χ2n) is 7.30. The molecule has 0 radical (unpaired) electrons. The highest BCUT2D eigenvalue weighted by molar-refractivity contribution is 4.87. The third-order valence-corrected chi connectivity index (χ3v) is 4.43. The predicted octanol–water partition coefficient (Wildman–Crippen LogP) is 4.37. The molecule has 0 atom stereocenters. The lowest BCUT2D eigenvalue weighted by Gasteiger charge is -2.40. The van der Waals surface area contributed by atoms with Crippen LogP contribution in [0.25, 0.3) is 0 Å². The highest BCUT2D eigenvalue weighted by atomic mass is 15.0. The molecule has 1 fully saturated rings. The van der Waals surface area contributed by atoms with E-state index >= 15 is 0 Å². The molecule has 1 aliphatic carbocycles. The second kappa shape index (κ2) is 5.08. The van der Waals surface area contributed by atoms with Gasteiger partial charge in [-0.05, 0) is 57.3 Å². The van der Waals surface area contributed by atoms with Crippen LogP contribution in [0.2, 0.25) is 0 Å². The molecule has 16 heavy (non-hydrogen) atoms. The largest absolute Gasteiger partial charge is 0.309 e. The Morgan fingerprint density at radius 3 is 1.81 bits per heavy atom. The third kappa shape index (κ3) is 4.08. The van der Waals surface area contributed by atoms with Crippen LogP contribution >= 0.6 is 0 Å². The lowest BCUT2D eigenvalue weighted by Crippen LogP contribution is -2.47. The summed E-state index contributed by atoms with van der Waals surface area (Å²) in [6.07, 6.45) is 6.75. The Balaban J connectivity index is 2.38. The average molecular weight is 225 g/mol. The zero-order chi connectivity index (χ0) is 12.4. The molecule has 0 heterocycles. The molecule has 1 aliphatic rings. The Morgan fingerprint density at radius 1 is 0.938 bits per heavy atom. The van der Waals surface area contributed by atoms with Gasteiger partial charge in [-0.15, -0.1) is 0 Å². The van der Waals surface area contributed by atoms with Gasteiger partial charge in [0.2, 0.25) is 0 Å². The molecule has 1 rings (SSSR count). The monoisotopic (exact) mass is 225 g/mol. The first kappa shape index (κ1) is 14.0. The summed E-state index contributed by atoms with van der Waals surface area (Å²) >= 11 is 0. The van der Waals surface area contributed by atoms with Gasteiger partial charge in [-0.25, -0.2) is 0 Å². The zero-order valence-corrected chi connectivity index (χ0v) is 12.2. The Bertz CT molecular complexity index is 204. The molecular weight excluding hydrogens is 194 g/mol. The number of nitrogens with one attached hydrogen (secondary N) is 1. The van der Waals surface area contributed by atoms with Gasteiger partial charge in [0.25, 0.3) is 0 Å². The van der Waals surface area contributed by atoms with Crippen LogP contribution in [0, 0.1) is 11.3 Å². The van der Waals surface area contributed by atoms with Crippen LogP contribution < -0.4 is 5.32 Å². The van der Waals surface area contributed by atoms with Crippen molar-refractivity contribution in [3.05, 3.63) is 0 Å². The van der Waals surface area contributed by atoms with Crippen LogP contribution in [0.1, 0.15) is 73.6 Å². The van der Waals surface area contributed by atoms with Crippen LogP contribution in [0.3, 0.4) is 0 Å². The summed E-state index contributed by atoms with van der Waals surface area (Å²) in [5, 5.41) is 3.82. The smallest absolute Gasteiger partial charge is 0.0125 e. The first-order chi connectivity index (χ1) is 7.24. The van der Waals surface area contributed by atoms with Gasteiger partial charge in [0.15, 0.2) is 0 Å². The van der Waals surface area contributed by atoms with Crippen molar-refractivity contribution in [1.29, 1.82) is 0 Å². The van der Waals surface area contributed by atoms with Gasteiger partial charge in [0, 0.05) is 11.6 Å². The Hall–Kier alpha value is -0.0400. The van der Waals surface area contributed by atoms with E-state index in [0.29, 0.717) is 11.0 Å². The minimum atomic E-state index is 0.319. The summed E-state index contributed by atoms with van der Waals surface area (Å²) in [7, 11) is 0. The molecule has 0 spiro atoms. The lowest BCUT2D eigenvalue weighted by molar-refractivity contribution is 0.147. The molecule has 0 aromatic rings. The van der Waals surface area contributed by atoms with Crippen LogP contribution in [-0.2, 0) is 0 Å². The highest BCUT2D eigenvalue weighted by Gasteiger charge is 2.31. The third-order valence-electron chi connectivity index (χ3n) is 4.43. The standard InChI is InChI=1S/C15H31N/c1-7-15(5,6)16-13-10-8-12(9-11-13)14(2,3)4/h12-13,16H,7-11H2,1-6H3. The van der Waals surface area contributed by atoms with E-state index in [9.17, 15) is 0 Å². The molecular formula is C15H31N. The maximum absolute atomic E-state index is 3.82. The molecule has 96 valence electrons. The molecule has 0 aliphatic heterocycles. The van der Waals surface area contributed by atoms with Crippen LogP contribution in [0.4, 0.5) is 0 Å². The summed E-state index contributed by atoms with van der Waals surface area (Å²) in [4.78, 5) is 0. The van der Waals surface area contributed by atoms with Gasteiger partial charge in [0.05, 0.1) is 0 Å². The number of hydrogen-bond donors (Lipinski definition) is 1. The van der Waals surface area contributed by atoms with Crippen molar-refractivity contribution in [1.82, 2.24) is 5.32 Å². The number of hydrogen-bond acceptors (Lipinski definition) is 1. The molecule has 1 N–H and O–H groups in total. The SMILES string of the molecule is CCC(C)(C)NC1CCC(C(C)(C)C)CC1. The lowest BCUT2D eigenvalue weighted by atomic mass is 9.71. The molecule has 0 amide bonds. The predicted molar refractivity (Wildman–Crippen MR) is 72.7 cm³/mol. The van der Waals surface area contributed by atoms with Crippen molar-refractivity contribution < 1.29 is 0 Å². The minimum Gasteiger partial charge on any atom is -0.309 e. The van der Waals surface area contributed by atoms with Crippen LogP contribution in [-0.4, -0.2) is 11.6 Å². The fourth-order valence-electron chi connectivity index (χ4n) is 2.76. The van der Waals surface area contributed by atoms with Crippen molar-refractivity contribution in [3.8, 4) is 0 Å². The summed E-state index contributed by atoms with van der Waals surface area (Å²) in [6.45, 7) is 14.1. The fourth-order valence-corrected chi connectivity index (χ4v) is 2.76. The van der Waals surface area contributed by atoms with E-state index in [2.05, 4.69) is 46.9 Å². The first-order valence-electron chi connectivity index (χ1n) is 7.02. The van der Waals surface area contributed by atoms with E-state index in [-0.39, 0.29) is 0 Å². The summed E-state index contributed by atoms with van der Waals surface area (Å²) < 4.78 is 0. The van der Waals surface area contributed by atoms with Gasteiger partial charge in [0.1, 0.15) is 0 Å². The Labute approximate surface area is 102 Å². The number of rotatable bonds is 3. The van der Waals surface area contributed by atoms with Gasteiger partial charge < -0.3 is 5.32 Å². The summed E-state index contributed by atoms with van der Waals surface area (Å²) in [6, 6.07) is 0.758. The van der Waals surface area contributed by atoms with E-state index in [1.165, 1.54) is 32.1 Å². The van der Waals surface area contributed by atoms with E-state index < -0.39 is 0 Å². The van der Waals surface area contributed by atoms with E-state index in [1.807, 2.05) is 0 Å². The molecule has 0 aromatic carbocycles. The van der Waals surface area contributed by atoms with Gasteiger partial charge in [-0.2, -0.15) is 0 Å². The quantitative estimate of drug-likeness (QED) is 0.752. The maximum atomic E-state index is 3.82. The zero-order valence-electron chi connectivity index (χ0n) is 12.2. The summed E-state index contributed by atoms with van der Waals surface area (Å²) in [5.74, 6) is 0.926. The van der Waals surface area contributed by atoms with Gasteiger partial charge in [-0.1, -0.05) is 27.7 Å². The van der Waals surface area contributed by atoms with Crippen molar-refractivity contribution in [2.75, 3.05) is 0 Å². The molecule has 1 saturated carbocycles. The highest BCUT2D eigenvalue weighted by Crippen LogP contribution is 2.38. The maximum Gasteiger partial charge on any atom is 0.0125 e. The topological polar surface area (TPSA) is 12.0 Å². The van der Waals surface area contributed by atoms with E-state index in [1.54, 1.807) is 0 Å². The average Bonchev–Trinajstić information content (AvgIpc) is 2.16. The van der Waals surface area contributed by atoms with E-state index in [0.717, 1.165) is 12.0 Å². The Morgan fingerprint density at radius 2 is 1.44 bits per heavy atom. The second-order valence-corrected chi connectivity index (χ2v) is 7.30. The molecule has 0 aromatic heterocycles. The van der Waals surface area contributed by atoms with Crippen molar-refractivity contribution >= 4 is 0 Å². The van der Waals surface area contributed by atoms with Gasteiger partial charge >= 0.3 is 0 Å². The van der Waals surface area contributed by atoms with Crippen molar-refractivity contribution in [3.63, 3.8) is 0 Å². The molecule has 0 unspecified atom stereocenters. The molecule has 1 heteroatoms. The summed E-state index contributed by atoms with van der Waals surface area (Å²) in [5.41, 5.74) is 0.824.